The second-order valence-electron chi connectivity index (χ2n) is 3.31. The summed E-state index contributed by atoms with van der Waals surface area (Å²) in [7, 11) is 0. The zero-order valence-electron chi connectivity index (χ0n) is 8.23. The maximum absolute atomic E-state index is 5.76. The molecule has 4 nitrogen and oxygen atoms in total. The molecule has 14 heavy (non-hydrogen) atoms. The Labute approximate surface area is 82.4 Å². The third kappa shape index (κ3) is 1.35. The Kier molecular flexibility index (Phi) is 1.96. The van der Waals surface area contributed by atoms with Gasteiger partial charge in [0.1, 0.15) is 5.82 Å². The van der Waals surface area contributed by atoms with Crippen molar-refractivity contribution in [2.24, 2.45) is 0 Å². The van der Waals surface area contributed by atoms with Crippen LogP contribution in [-0.4, -0.2) is 14.9 Å². The van der Waals surface area contributed by atoms with E-state index in [4.69, 9.17) is 5.84 Å². The van der Waals surface area contributed by atoms with Gasteiger partial charge in [-0.1, -0.05) is 29.8 Å². The van der Waals surface area contributed by atoms with Gasteiger partial charge < -0.3 is 5.84 Å². The molecule has 0 aliphatic rings. The molecule has 0 aliphatic heterocycles. The number of nitrogen functional groups attached to an aromatic ring is 1. The molecule has 2 rings (SSSR count). The molecule has 0 spiro atoms. The fourth-order valence-corrected chi connectivity index (χ4v) is 1.27. The van der Waals surface area contributed by atoms with Crippen molar-refractivity contribution < 1.29 is 0 Å². The van der Waals surface area contributed by atoms with E-state index in [9.17, 15) is 0 Å². The molecule has 0 saturated heterocycles. The summed E-state index contributed by atoms with van der Waals surface area (Å²) in [4.78, 5) is 0. The van der Waals surface area contributed by atoms with Gasteiger partial charge in [-0.25, -0.2) is 4.68 Å². The molecule has 0 saturated carbocycles. The maximum atomic E-state index is 5.76. The lowest BCUT2D eigenvalue weighted by Crippen LogP contribution is -2.11. The maximum Gasteiger partial charge on any atom is 0.182 e. The predicted octanol–water partition coefficient (Wildman–Crippen LogP) is 1.28. The van der Waals surface area contributed by atoms with Gasteiger partial charge in [0, 0.05) is 5.56 Å². The molecule has 1 aromatic carbocycles. The third-order valence-electron chi connectivity index (χ3n) is 2.18. The van der Waals surface area contributed by atoms with E-state index in [0.29, 0.717) is 11.6 Å². The molecule has 0 atom stereocenters. The summed E-state index contributed by atoms with van der Waals surface area (Å²) < 4.78 is 1.49. The molecule has 0 amide bonds. The van der Waals surface area contributed by atoms with E-state index in [-0.39, 0.29) is 0 Å². The Morgan fingerprint density at radius 1 is 1.07 bits per heavy atom. The molecule has 0 radical (unpaired) electrons. The van der Waals surface area contributed by atoms with Crippen molar-refractivity contribution in [2.75, 3.05) is 5.84 Å². The molecular formula is C10H12N4. The van der Waals surface area contributed by atoms with Gasteiger partial charge in [-0.3, -0.25) is 0 Å². The Morgan fingerprint density at radius 3 is 2.21 bits per heavy atom. The van der Waals surface area contributed by atoms with E-state index in [0.717, 1.165) is 5.56 Å². The molecule has 1 aromatic heterocycles. The Balaban J connectivity index is 2.49. The Bertz CT molecular complexity index is 442. The van der Waals surface area contributed by atoms with Crippen LogP contribution in [0.5, 0.6) is 0 Å². The normalized spacial score (nSPS) is 10.4. The molecule has 0 unspecified atom stereocenters. The van der Waals surface area contributed by atoms with Gasteiger partial charge in [0.05, 0.1) is 0 Å². The van der Waals surface area contributed by atoms with E-state index in [2.05, 4.69) is 10.2 Å². The monoisotopic (exact) mass is 188 g/mol. The van der Waals surface area contributed by atoms with Gasteiger partial charge in [0.2, 0.25) is 0 Å². The first kappa shape index (κ1) is 8.74. The molecule has 0 fully saturated rings. The van der Waals surface area contributed by atoms with Crippen LogP contribution in [0, 0.1) is 13.8 Å². The van der Waals surface area contributed by atoms with Crippen LogP contribution in [0.15, 0.2) is 24.3 Å². The second kappa shape index (κ2) is 3.14. The topological polar surface area (TPSA) is 56.7 Å². The zero-order valence-corrected chi connectivity index (χ0v) is 8.23. The second-order valence-corrected chi connectivity index (χ2v) is 3.31. The fraction of sp³-hybridized carbons (Fsp3) is 0.200. The summed E-state index contributed by atoms with van der Waals surface area (Å²) in [6, 6.07) is 8.03. The highest BCUT2D eigenvalue weighted by Gasteiger charge is 2.07. The van der Waals surface area contributed by atoms with E-state index in [1.54, 1.807) is 0 Å². The van der Waals surface area contributed by atoms with Crippen LogP contribution in [0.1, 0.15) is 11.4 Å². The molecule has 72 valence electrons. The predicted molar refractivity (Wildman–Crippen MR) is 55.1 cm³/mol. The van der Waals surface area contributed by atoms with Gasteiger partial charge in [0.15, 0.2) is 5.82 Å². The molecule has 2 aromatic rings. The Hall–Kier alpha value is -1.84. The van der Waals surface area contributed by atoms with Crippen LogP contribution in [0.4, 0.5) is 0 Å². The summed E-state index contributed by atoms with van der Waals surface area (Å²) in [5, 5.41) is 7.91. The number of aryl methyl sites for hydroxylation is 2. The Morgan fingerprint density at radius 2 is 1.71 bits per heavy atom. The zero-order chi connectivity index (χ0) is 10.1. The van der Waals surface area contributed by atoms with E-state index < -0.39 is 0 Å². The number of rotatable bonds is 1. The van der Waals surface area contributed by atoms with Gasteiger partial charge >= 0.3 is 0 Å². The third-order valence-corrected chi connectivity index (χ3v) is 2.18. The van der Waals surface area contributed by atoms with Gasteiger partial charge in [-0.15, -0.1) is 10.2 Å². The van der Waals surface area contributed by atoms with Gasteiger partial charge in [-0.2, -0.15) is 0 Å². The highest BCUT2D eigenvalue weighted by molar-refractivity contribution is 5.55. The van der Waals surface area contributed by atoms with Crippen molar-refractivity contribution >= 4 is 0 Å². The van der Waals surface area contributed by atoms with Crippen molar-refractivity contribution in [3.05, 3.63) is 35.7 Å². The smallest absolute Gasteiger partial charge is 0.182 e. The molecule has 4 heteroatoms. The van der Waals surface area contributed by atoms with Crippen molar-refractivity contribution in [1.82, 2.24) is 14.9 Å². The number of hydrogen-bond acceptors (Lipinski definition) is 3. The lowest BCUT2D eigenvalue weighted by Gasteiger charge is -2.01. The van der Waals surface area contributed by atoms with E-state index in [1.807, 2.05) is 38.1 Å². The minimum absolute atomic E-state index is 0.697. The van der Waals surface area contributed by atoms with Crippen molar-refractivity contribution in [3.63, 3.8) is 0 Å². The van der Waals surface area contributed by atoms with Crippen LogP contribution in [0.2, 0.25) is 0 Å². The average molecular weight is 188 g/mol. The standard InChI is InChI=1S/C10H12N4/c1-7-3-5-9(6-4-7)10-13-12-8(2)14(10)11/h3-6H,11H2,1-2H3. The van der Waals surface area contributed by atoms with Gasteiger partial charge in [-0.05, 0) is 13.8 Å². The van der Waals surface area contributed by atoms with Crippen LogP contribution in [0.3, 0.4) is 0 Å². The lowest BCUT2D eigenvalue weighted by molar-refractivity contribution is 0.931. The highest BCUT2D eigenvalue weighted by atomic mass is 15.4. The number of nitrogens with two attached hydrogens (primary N) is 1. The quantitative estimate of drug-likeness (QED) is 0.686. The van der Waals surface area contributed by atoms with E-state index >= 15 is 0 Å². The van der Waals surface area contributed by atoms with E-state index in [1.165, 1.54) is 10.2 Å². The van der Waals surface area contributed by atoms with Gasteiger partial charge in [0.25, 0.3) is 0 Å². The number of nitrogens with zero attached hydrogens (tertiary/aromatic N) is 3. The summed E-state index contributed by atoms with van der Waals surface area (Å²) in [6.07, 6.45) is 0. The average Bonchev–Trinajstić information content (AvgIpc) is 2.50. The molecule has 0 aliphatic carbocycles. The van der Waals surface area contributed by atoms with Crippen LogP contribution in [-0.2, 0) is 0 Å². The lowest BCUT2D eigenvalue weighted by atomic mass is 10.1. The first-order chi connectivity index (χ1) is 6.68. The molecule has 2 N–H and O–H groups in total. The summed E-state index contributed by atoms with van der Waals surface area (Å²) in [5.41, 5.74) is 2.20. The largest absolute Gasteiger partial charge is 0.336 e. The van der Waals surface area contributed by atoms with Crippen molar-refractivity contribution in [2.45, 2.75) is 13.8 Å². The SMILES string of the molecule is Cc1ccc(-c2nnc(C)n2N)cc1. The van der Waals surface area contributed by atoms with Crippen molar-refractivity contribution in [3.8, 4) is 11.4 Å². The summed E-state index contributed by atoms with van der Waals surface area (Å²) in [6.45, 7) is 3.87. The van der Waals surface area contributed by atoms with Crippen LogP contribution in [0.25, 0.3) is 11.4 Å². The number of hydrogen-bond donors (Lipinski definition) is 1. The first-order valence-corrected chi connectivity index (χ1v) is 4.42. The molecular weight excluding hydrogens is 176 g/mol. The summed E-state index contributed by atoms with van der Waals surface area (Å²) in [5.74, 6) is 7.17. The van der Waals surface area contributed by atoms with Crippen LogP contribution < -0.4 is 5.84 Å². The van der Waals surface area contributed by atoms with Crippen LogP contribution >= 0.6 is 0 Å². The highest BCUT2D eigenvalue weighted by Crippen LogP contribution is 2.16. The number of aromatic nitrogens is 3. The fourth-order valence-electron chi connectivity index (χ4n) is 1.27. The summed E-state index contributed by atoms with van der Waals surface area (Å²) >= 11 is 0. The first-order valence-electron chi connectivity index (χ1n) is 4.42. The molecule has 0 bridgehead atoms. The number of benzene rings is 1. The van der Waals surface area contributed by atoms with Crippen molar-refractivity contribution in [1.29, 1.82) is 0 Å². The minimum Gasteiger partial charge on any atom is -0.336 e. The molecule has 1 heterocycles. The minimum atomic E-state index is 0.697.